The summed E-state index contributed by atoms with van der Waals surface area (Å²) in [6, 6.07) is 16.8. The molecule has 0 saturated heterocycles. The van der Waals surface area contributed by atoms with E-state index in [1.807, 2.05) is 36.4 Å². The van der Waals surface area contributed by atoms with Crippen molar-refractivity contribution < 1.29 is 19.1 Å². The Balaban J connectivity index is 1.38. The molecule has 0 saturated carbocycles. The van der Waals surface area contributed by atoms with Crippen LogP contribution in [-0.4, -0.2) is 35.9 Å². The molecule has 3 rings (SSSR count). The van der Waals surface area contributed by atoms with Crippen LogP contribution in [0.4, 0.5) is 5.69 Å². The first kappa shape index (κ1) is 21.7. The molecule has 2 N–H and O–H groups in total. The minimum atomic E-state index is -0.562. The van der Waals surface area contributed by atoms with E-state index in [9.17, 15) is 14.4 Å². The average molecular weight is 488 g/mol. The highest BCUT2D eigenvalue weighted by Crippen LogP contribution is 2.23. The molecule has 0 atom stereocenters. The number of amides is 2. The Hall–Kier alpha value is -3.04. The topological polar surface area (TPSA) is 97.4 Å². The first-order valence-corrected chi connectivity index (χ1v) is 10.6. The quantitative estimate of drug-likeness (QED) is 0.474. The summed E-state index contributed by atoms with van der Waals surface area (Å²) in [4.78, 5) is 40.1. The molecular formula is C21H18BrN3O4S. The minimum Gasteiger partial charge on any atom is -0.455 e. The summed E-state index contributed by atoms with van der Waals surface area (Å²) in [6.07, 6.45) is -0.0286. The van der Waals surface area contributed by atoms with E-state index in [0.29, 0.717) is 11.4 Å². The lowest BCUT2D eigenvalue weighted by molar-refractivity contribution is -0.147. The molecule has 0 unspecified atom stereocenters. The van der Waals surface area contributed by atoms with Gasteiger partial charge >= 0.3 is 5.97 Å². The summed E-state index contributed by atoms with van der Waals surface area (Å²) in [6.45, 7) is -0.693. The number of carbonyl (C=O) groups excluding carboxylic acids is 3. The summed E-state index contributed by atoms with van der Waals surface area (Å²) >= 11 is 4.76. The number of hydrogen-bond donors (Lipinski definition) is 2. The molecule has 154 valence electrons. The largest absolute Gasteiger partial charge is 0.455 e. The maximum atomic E-state index is 12.0. The first-order valence-electron chi connectivity index (χ1n) is 8.98. The molecule has 0 bridgehead atoms. The molecule has 1 heterocycles. The molecule has 0 aliphatic carbocycles. The zero-order valence-corrected chi connectivity index (χ0v) is 18.2. The Kier molecular flexibility index (Phi) is 7.69. The van der Waals surface area contributed by atoms with Crippen LogP contribution in [0, 0.1) is 0 Å². The van der Waals surface area contributed by atoms with Crippen LogP contribution in [-0.2, 0) is 25.5 Å². The number of anilines is 1. The number of rotatable bonds is 8. The third-order valence-corrected chi connectivity index (χ3v) is 5.49. The molecule has 9 heteroatoms. The van der Waals surface area contributed by atoms with Crippen molar-refractivity contribution in [2.45, 2.75) is 6.42 Å². The van der Waals surface area contributed by atoms with Crippen molar-refractivity contribution in [1.82, 2.24) is 10.3 Å². The second-order valence-corrected chi connectivity index (χ2v) is 7.86. The lowest BCUT2D eigenvalue weighted by atomic mass is 10.2. The number of aromatic nitrogens is 1. The van der Waals surface area contributed by atoms with Gasteiger partial charge in [-0.1, -0.05) is 42.5 Å². The van der Waals surface area contributed by atoms with Crippen LogP contribution in [0.2, 0.25) is 0 Å². The second kappa shape index (κ2) is 10.7. The van der Waals surface area contributed by atoms with Crippen LogP contribution in [0.1, 0.15) is 5.69 Å². The van der Waals surface area contributed by atoms with Gasteiger partial charge in [-0.3, -0.25) is 14.4 Å². The van der Waals surface area contributed by atoms with Crippen molar-refractivity contribution in [3.8, 4) is 10.6 Å². The summed E-state index contributed by atoms with van der Waals surface area (Å²) in [5.74, 6) is -1.51. The van der Waals surface area contributed by atoms with Crippen molar-refractivity contribution in [2.24, 2.45) is 0 Å². The van der Waals surface area contributed by atoms with Gasteiger partial charge in [-0.2, -0.15) is 0 Å². The van der Waals surface area contributed by atoms with Crippen molar-refractivity contribution in [1.29, 1.82) is 0 Å². The molecular weight excluding hydrogens is 470 g/mol. The summed E-state index contributed by atoms with van der Waals surface area (Å²) in [5, 5.41) is 7.67. The van der Waals surface area contributed by atoms with Gasteiger partial charge in [0, 0.05) is 15.4 Å². The fraction of sp³-hybridized carbons (Fsp3) is 0.143. The van der Waals surface area contributed by atoms with Gasteiger partial charge in [0.2, 0.25) is 5.91 Å². The summed E-state index contributed by atoms with van der Waals surface area (Å²) in [5.41, 5.74) is 2.15. The Bertz CT molecular complexity index is 1040. The number of carbonyl (C=O) groups is 3. The third-order valence-electron chi connectivity index (χ3n) is 3.86. The van der Waals surface area contributed by atoms with Crippen LogP contribution in [0.25, 0.3) is 10.6 Å². The standard InChI is InChI=1S/C21H18BrN3O4S/c22-16-8-4-5-9-17(16)25-18(26)11-23-19(27)12-29-20(28)10-15-13-30-21(24-15)14-6-2-1-3-7-14/h1-9,13H,10-12H2,(H,23,27)(H,25,26). The fourth-order valence-corrected chi connectivity index (χ4v) is 3.64. The van der Waals surface area contributed by atoms with Crippen LogP contribution >= 0.6 is 27.3 Å². The van der Waals surface area contributed by atoms with Crippen LogP contribution < -0.4 is 10.6 Å². The van der Waals surface area contributed by atoms with E-state index < -0.39 is 24.4 Å². The molecule has 2 aromatic carbocycles. The molecule has 30 heavy (non-hydrogen) atoms. The highest BCUT2D eigenvalue weighted by Gasteiger charge is 2.13. The van der Waals surface area contributed by atoms with Crippen molar-refractivity contribution >= 4 is 50.7 Å². The van der Waals surface area contributed by atoms with Gasteiger partial charge in [0.1, 0.15) is 5.01 Å². The number of benzene rings is 2. The first-order chi connectivity index (χ1) is 14.5. The van der Waals surface area contributed by atoms with Crippen LogP contribution in [0.5, 0.6) is 0 Å². The molecule has 3 aromatic rings. The monoisotopic (exact) mass is 487 g/mol. The molecule has 0 aliphatic rings. The Labute approximate surface area is 185 Å². The van der Waals surface area contributed by atoms with Crippen molar-refractivity contribution in [2.75, 3.05) is 18.5 Å². The van der Waals surface area contributed by atoms with E-state index in [2.05, 4.69) is 31.5 Å². The predicted octanol–water partition coefficient (Wildman–Crippen LogP) is 3.41. The van der Waals surface area contributed by atoms with Crippen LogP contribution in [0.3, 0.4) is 0 Å². The van der Waals surface area contributed by atoms with Crippen molar-refractivity contribution in [3.63, 3.8) is 0 Å². The fourth-order valence-electron chi connectivity index (χ4n) is 2.43. The number of ether oxygens (including phenoxy) is 1. The van der Waals surface area contributed by atoms with E-state index in [4.69, 9.17) is 4.74 Å². The average Bonchev–Trinajstić information content (AvgIpc) is 3.21. The van der Waals surface area contributed by atoms with Crippen LogP contribution in [0.15, 0.2) is 64.5 Å². The zero-order chi connectivity index (χ0) is 21.3. The van der Waals surface area contributed by atoms with Gasteiger partial charge < -0.3 is 15.4 Å². The van der Waals surface area contributed by atoms with Gasteiger partial charge in [0.25, 0.3) is 5.91 Å². The maximum absolute atomic E-state index is 12.0. The Morgan fingerprint density at radius 1 is 1.00 bits per heavy atom. The summed E-state index contributed by atoms with van der Waals surface area (Å²) < 4.78 is 5.70. The van der Waals surface area contributed by atoms with Gasteiger partial charge in [0.15, 0.2) is 6.61 Å². The van der Waals surface area contributed by atoms with Crippen molar-refractivity contribution in [3.05, 3.63) is 70.1 Å². The van der Waals surface area contributed by atoms with E-state index in [-0.39, 0.29) is 13.0 Å². The molecule has 0 aliphatic heterocycles. The zero-order valence-electron chi connectivity index (χ0n) is 15.8. The highest BCUT2D eigenvalue weighted by atomic mass is 79.9. The van der Waals surface area contributed by atoms with Gasteiger partial charge in [-0.25, -0.2) is 4.98 Å². The number of esters is 1. The Morgan fingerprint density at radius 2 is 1.73 bits per heavy atom. The normalized spacial score (nSPS) is 10.3. The molecule has 0 spiro atoms. The number of hydrogen-bond acceptors (Lipinski definition) is 6. The number of para-hydroxylation sites is 1. The lowest BCUT2D eigenvalue weighted by Crippen LogP contribution is -2.35. The van der Waals surface area contributed by atoms with Gasteiger partial charge in [-0.15, -0.1) is 11.3 Å². The molecule has 1 aromatic heterocycles. The third kappa shape index (κ3) is 6.50. The maximum Gasteiger partial charge on any atom is 0.312 e. The Morgan fingerprint density at radius 3 is 2.50 bits per heavy atom. The number of halogens is 1. The highest BCUT2D eigenvalue weighted by molar-refractivity contribution is 9.10. The van der Waals surface area contributed by atoms with E-state index in [1.54, 1.807) is 23.6 Å². The lowest BCUT2D eigenvalue weighted by Gasteiger charge is -2.08. The minimum absolute atomic E-state index is 0.0286. The molecule has 0 fully saturated rings. The number of nitrogens with zero attached hydrogens (tertiary/aromatic N) is 1. The number of thiazole rings is 1. The molecule has 0 radical (unpaired) electrons. The predicted molar refractivity (Wildman–Crippen MR) is 118 cm³/mol. The number of nitrogens with one attached hydrogen (secondary N) is 2. The second-order valence-electron chi connectivity index (χ2n) is 6.15. The SMILES string of the molecule is O=C(COC(=O)Cc1csc(-c2ccccc2)n1)NCC(=O)Nc1ccccc1Br. The van der Waals surface area contributed by atoms with E-state index in [0.717, 1.165) is 15.0 Å². The smallest absolute Gasteiger partial charge is 0.312 e. The molecule has 7 nitrogen and oxygen atoms in total. The van der Waals surface area contributed by atoms with E-state index >= 15 is 0 Å². The van der Waals surface area contributed by atoms with Gasteiger partial charge in [-0.05, 0) is 28.1 Å². The summed E-state index contributed by atoms with van der Waals surface area (Å²) in [7, 11) is 0. The molecule has 2 amide bonds. The van der Waals surface area contributed by atoms with E-state index in [1.165, 1.54) is 11.3 Å². The van der Waals surface area contributed by atoms with Gasteiger partial charge in [0.05, 0.1) is 24.3 Å².